The minimum atomic E-state index is -1.23. The van der Waals surface area contributed by atoms with Crippen molar-refractivity contribution in [3.63, 3.8) is 0 Å². The molecule has 0 aliphatic carbocycles. The van der Waals surface area contributed by atoms with E-state index in [1.54, 1.807) is 0 Å². The second-order valence-electron chi connectivity index (χ2n) is 3.62. The van der Waals surface area contributed by atoms with Gasteiger partial charge in [0, 0.05) is 17.3 Å². The van der Waals surface area contributed by atoms with Crippen molar-refractivity contribution in [1.29, 1.82) is 0 Å². The average Bonchev–Trinajstić information content (AvgIpc) is 2.32. The maximum atomic E-state index is 13.1. The summed E-state index contributed by atoms with van der Waals surface area (Å²) >= 11 is 0. The molecule has 0 saturated heterocycles. The van der Waals surface area contributed by atoms with Crippen LogP contribution < -0.4 is 5.73 Å². The molecule has 1 aromatic heterocycles. The molecule has 0 fully saturated rings. The number of aromatic hydroxyl groups is 1. The monoisotopic (exact) mass is 248 g/mol. The van der Waals surface area contributed by atoms with Crippen molar-refractivity contribution in [3.8, 4) is 16.9 Å². The van der Waals surface area contributed by atoms with Crippen LogP contribution in [0, 0.1) is 5.82 Å². The number of anilines is 1. The number of nitrogen functional groups attached to an aromatic ring is 1. The lowest BCUT2D eigenvalue weighted by molar-refractivity contribution is 0.0697. The van der Waals surface area contributed by atoms with E-state index in [-0.39, 0.29) is 28.3 Å². The van der Waals surface area contributed by atoms with Gasteiger partial charge in [-0.05, 0) is 24.3 Å². The molecule has 5 nitrogen and oxygen atoms in total. The largest absolute Gasteiger partial charge is 0.507 e. The summed E-state index contributed by atoms with van der Waals surface area (Å²) < 4.78 is 13.1. The van der Waals surface area contributed by atoms with Gasteiger partial charge in [-0.15, -0.1) is 0 Å². The number of pyridine rings is 1. The van der Waals surface area contributed by atoms with Gasteiger partial charge in [0.15, 0.2) is 0 Å². The van der Waals surface area contributed by atoms with E-state index in [4.69, 9.17) is 10.8 Å². The first kappa shape index (κ1) is 11.8. The molecule has 1 heterocycles. The lowest BCUT2D eigenvalue weighted by atomic mass is 10.0. The Morgan fingerprint density at radius 2 is 2.00 bits per heavy atom. The molecule has 0 spiro atoms. The van der Waals surface area contributed by atoms with E-state index in [9.17, 15) is 14.3 Å². The maximum Gasteiger partial charge on any atom is 0.336 e. The third kappa shape index (κ3) is 2.08. The third-order valence-electron chi connectivity index (χ3n) is 2.40. The summed E-state index contributed by atoms with van der Waals surface area (Å²) in [5.41, 5.74) is 5.41. The first-order valence-electron chi connectivity index (χ1n) is 4.96. The quantitative estimate of drug-likeness (QED) is 0.753. The van der Waals surface area contributed by atoms with E-state index in [1.807, 2.05) is 0 Å². The Morgan fingerprint density at radius 1 is 1.28 bits per heavy atom. The van der Waals surface area contributed by atoms with Crippen molar-refractivity contribution in [2.45, 2.75) is 0 Å². The molecular weight excluding hydrogens is 239 g/mol. The summed E-state index contributed by atoms with van der Waals surface area (Å²) in [7, 11) is 0. The van der Waals surface area contributed by atoms with Crippen molar-refractivity contribution in [3.05, 3.63) is 41.8 Å². The van der Waals surface area contributed by atoms with Gasteiger partial charge in [0.1, 0.15) is 17.4 Å². The number of halogens is 1. The van der Waals surface area contributed by atoms with Gasteiger partial charge in [-0.25, -0.2) is 14.2 Å². The lowest BCUT2D eigenvalue weighted by Gasteiger charge is -2.08. The maximum absolute atomic E-state index is 13.1. The number of aromatic nitrogens is 1. The number of carbonyl (C=O) groups is 1. The van der Waals surface area contributed by atoms with Gasteiger partial charge in [0.25, 0.3) is 0 Å². The molecule has 0 aliphatic rings. The lowest BCUT2D eigenvalue weighted by Crippen LogP contribution is -2.03. The fourth-order valence-electron chi connectivity index (χ4n) is 1.59. The van der Waals surface area contributed by atoms with Gasteiger partial charge in [-0.3, -0.25) is 0 Å². The fraction of sp³-hybridized carbons (Fsp3) is 0. The molecule has 4 N–H and O–H groups in total. The minimum Gasteiger partial charge on any atom is -0.507 e. The highest BCUT2D eigenvalue weighted by molar-refractivity contribution is 5.97. The second-order valence-corrected chi connectivity index (χ2v) is 3.62. The Kier molecular flexibility index (Phi) is 2.85. The number of nitrogens with zero attached hydrogens (tertiary/aromatic N) is 1. The van der Waals surface area contributed by atoms with Crippen LogP contribution in [0.15, 0.2) is 30.5 Å². The van der Waals surface area contributed by atoms with Gasteiger partial charge in [-0.2, -0.15) is 0 Å². The molecular formula is C12H9FN2O3. The van der Waals surface area contributed by atoms with Crippen molar-refractivity contribution in [2.75, 3.05) is 5.73 Å². The summed E-state index contributed by atoms with van der Waals surface area (Å²) in [6, 6.07) is 4.41. The Balaban J connectivity index is 2.70. The van der Waals surface area contributed by atoms with Crippen molar-refractivity contribution in [1.82, 2.24) is 4.98 Å². The van der Waals surface area contributed by atoms with Crippen LogP contribution in [0.2, 0.25) is 0 Å². The number of nitrogens with two attached hydrogens (primary N) is 1. The number of carboxylic acids is 1. The average molecular weight is 248 g/mol. The van der Waals surface area contributed by atoms with Crippen LogP contribution in [0.3, 0.4) is 0 Å². The van der Waals surface area contributed by atoms with E-state index in [2.05, 4.69) is 4.98 Å². The van der Waals surface area contributed by atoms with Crippen molar-refractivity contribution >= 4 is 11.8 Å². The Hall–Kier alpha value is -2.63. The smallest absolute Gasteiger partial charge is 0.336 e. The van der Waals surface area contributed by atoms with Crippen LogP contribution in [-0.2, 0) is 0 Å². The molecule has 0 aliphatic heterocycles. The van der Waals surface area contributed by atoms with Crippen LogP contribution in [0.25, 0.3) is 11.1 Å². The summed E-state index contributed by atoms with van der Waals surface area (Å²) in [6.07, 6.45) is 1.19. The van der Waals surface area contributed by atoms with E-state index in [0.717, 1.165) is 24.3 Å². The molecule has 0 atom stereocenters. The summed E-state index contributed by atoms with van der Waals surface area (Å²) in [6.45, 7) is 0. The molecule has 0 amide bonds. The standard InChI is InChI=1S/C12H9FN2O3/c13-6-1-2-10(16)7(3-6)9-5-15-11(14)4-8(9)12(17)18/h1-5,16H,(H2,14,15)(H,17,18). The zero-order valence-electron chi connectivity index (χ0n) is 9.09. The Bertz CT molecular complexity index is 629. The van der Waals surface area contributed by atoms with Gasteiger partial charge < -0.3 is 15.9 Å². The zero-order chi connectivity index (χ0) is 13.3. The number of carboxylic acid groups (broad SMARTS) is 1. The molecule has 6 heteroatoms. The van der Waals surface area contributed by atoms with Gasteiger partial charge in [-0.1, -0.05) is 0 Å². The Morgan fingerprint density at radius 3 is 2.67 bits per heavy atom. The number of aromatic carboxylic acids is 1. The predicted octanol–water partition coefficient (Wildman–Crippen LogP) is 1.87. The van der Waals surface area contributed by atoms with Crippen LogP contribution in [0.1, 0.15) is 10.4 Å². The zero-order valence-corrected chi connectivity index (χ0v) is 9.09. The molecule has 0 radical (unpaired) electrons. The number of phenolic OH excluding ortho intramolecular Hbond substituents is 1. The van der Waals surface area contributed by atoms with E-state index in [1.165, 1.54) is 6.20 Å². The number of phenols is 1. The number of rotatable bonds is 2. The van der Waals surface area contributed by atoms with E-state index < -0.39 is 11.8 Å². The van der Waals surface area contributed by atoms with Crippen LogP contribution in [0.4, 0.5) is 10.2 Å². The SMILES string of the molecule is Nc1cc(C(=O)O)c(-c2cc(F)ccc2O)cn1. The molecule has 0 bridgehead atoms. The number of hydrogen-bond acceptors (Lipinski definition) is 4. The summed E-state index contributed by atoms with van der Waals surface area (Å²) in [4.78, 5) is 14.8. The van der Waals surface area contributed by atoms with Gasteiger partial charge in [0.2, 0.25) is 0 Å². The van der Waals surface area contributed by atoms with Crippen LogP contribution in [0.5, 0.6) is 5.75 Å². The molecule has 92 valence electrons. The fourth-order valence-corrected chi connectivity index (χ4v) is 1.59. The molecule has 2 aromatic rings. The molecule has 0 saturated carbocycles. The summed E-state index contributed by atoms with van der Waals surface area (Å²) in [5.74, 6) is -2.02. The highest BCUT2D eigenvalue weighted by atomic mass is 19.1. The molecule has 18 heavy (non-hydrogen) atoms. The van der Waals surface area contributed by atoms with E-state index in [0.29, 0.717) is 0 Å². The van der Waals surface area contributed by atoms with Gasteiger partial charge >= 0.3 is 5.97 Å². The minimum absolute atomic E-state index is 0.0343. The molecule has 0 unspecified atom stereocenters. The second kappa shape index (κ2) is 4.33. The predicted molar refractivity (Wildman–Crippen MR) is 62.7 cm³/mol. The highest BCUT2D eigenvalue weighted by Gasteiger charge is 2.16. The van der Waals surface area contributed by atoms with Crippen molar-refractivity contribution in [2.24, 2.45) is 0 Å². The summed E-state index contributed by atoms with van der Waals surface area (Å²) in [5, 5.41) is 18.7. The number of hydrogen-bond donors (Lipinski definition) is 3. The third-order valence-corrected chi connectivity index (χ3v) is 2.40. The van der Waals surface area contributed by atoms with Crippen molar-refractivity contribution < 1.29 is 19.4 Å². The molecule has 2 rings (SSSR count). The molecule has 1 aromatic carbocycles. The topological polar surface area (TPSA) is 96.4 Å². The van der Waals surface area contributed by atoms with E-state index >= 15 is 0 Å². The Labute approximate surface area is 101 Å². The normalized spacial score (nSPS) is 10.3. The highest BCUT2D eigenvalue weighted by Crippen LogP contribution is 2.32. The van der Waals surface area contributed by atoms with Gasteiger partial charge in [0.05, 0.1) is 5.56 Å². The number of benzene rings is 1. The first-order valence-corrected chi connectivity index (χ1v) is 4.96. The van der Waals surface area contributed by atoms with Crippen LogP contribution >= 0.6 is 0 Å². The van der Waals surface area contributed by atoms with Crippen LogP contribution in [-0.4, -0.2) is 21.2 Å². The first-order chi connectivity index (χ1) is 8.49.